The molecule has 0 spiro atoms. The molecular formula is C5H5N3O4. The summed E-state index contributed by atoms with van der Waals surface area (Å²) in [6, 6.07) is -0.406. The second-order valence-electron chi connectivity index (χ2n) is 1.89. The maximum atomic E-state index is 10.6. The average molecular weight is 171 g/mol. The zero-order valence-corrected chi connectivity index (χ0v) is 6.08. The molecular weight excluding hydrogens is 166 g/mol. The van der Waals surface area contributed by atoms with Crippen molar-refractivity contribution < 1.29 is 9.53 Å². The van der Waals surface area contributed by atoms with Crippen molar-refractivity contribution in [1.29, 1.82) is 0 Å². The van der Waals surface area contributed by atoms with Gasteiger partial charge in [-0.3, -0.25) is 14.8 Å². The van der Waals surface area contributed by atoms with Gasteiger partial charge in [0.1, 0.15) is 0 Å². The monoisotopic (exact) mass is 171 g/mol. The number of nitrogens with one attached hydrogen (secondary N) is 2. The number of aromatic nitrogens is 3. The van der Waals surface area contributed by atoms with Gasteiger partial charge < -0.3 is 4.74 Å². The highest BCUT2D eigenvalue weighted by molar-refractivity contribution is 5.68. The Morgan fingerprint density at radius 1 is 1.42 bits per heavy atom. The van der Waals surface area contributed by atoms with Gasteiger partial charge in [-0.2, -0.15) is 0 Å². The van der Waals surface area contributed by atoms with Gasteiger partial charge in [-0.15, -0.1) is 4.98 Å². The molecule has 0 atom stereocenters. The van der Waals surface area contributed by atoms with Crippen LogP contribution < -0.4 is 16.1 Å². The van der Waals surface area contributed by atoms with Crippen molar-refractivity contribution >= 4 is 5.97 Å². The van der Waals surface area contributed by atoms with E-state index in [1.54, 1.807) is 0 Å². The van der Waals surface area contributed by atoms with E-state index in [0.717, 1.165) is 6.92 Å². The number of nitrogens with zero attached hydrogens (tertiary/aromatic N) is 1. The molecule has 0 aliphatic carbocycles. The van der Waals surface area contributed by atoms with E-state index < -0.39 is 23.4 Å². The lowest BCUT2D eigenvalue weighted by Gasteiger charge is -1.95. The van der Waals surface area contributed by atoms with Crippen LogP contribution in [0.2, 0.25) is 0 Å². The zero-order valence-electron chi connectivity index (χ0n) is 6.08. The molecule has 0 saturated heterocycles. The number of esters is 1. The van der Waals surface area contributed by atoms with Gasteiger partial charge in [0.2, 0.25) is 0 Å². The minimum atomic E-state index is -0.866. The van der Waals surface area contributed by atoms with Crippen LogP contribution in [-0.2, 0) is 4.79 Å². The first-order valence-corrected chi connectivity index (χ1v) is 2.97. The SMILES string of the molecule is CC(=O)Oc1nc(=O)[nH]c(=O)[nH]1. The topological polar surface area (TPSA) is 105 Å². The molecule has 1 aromatic heterocycles. The minimum Gasteiger partial charge on any atom is -0.392 e. The number of carbonyl (C=O) groups excluding carboxylic acids is 1. The third-order valence-electron chi connectivity index (χ3n) is 0.884. The third-order valence-corrected chi connectivity index (χ3v) is 0.884. The molecule has 12 heavy (non-hydrogen) atoms. The predicted molar refractivity (Wildman–Crippen MR) is 36.8 cm³/mol. The largest absolute Gasteiger partial charge is 0.392 e. The van der Waals surface area contributed by atoms with Crippen molar-refractivity contribution in [2.24, 2.45) is 0 Å². The Hall–Kier alpha value is -1.92. The smallest absolute Gasteiger partial charge is 0.353 e. The van der Waals surface area contributed by atoms with Crippen LogP contribution in [0.15, 0.2) is 9.59 Å². The maximum absolute atomic E-state index is 10.6. The Labute approximate surface area is 65.4 Å². The normalized spacial score (nSPS) is 9.42. The highest BCUT2D eigenvalue weighted by Gasteiger charge is 2.01. The van der Waals surface area contributed by atoms with Gasteiger partial charge in [0.25, 0.3) is 0 Å². The Morgan fingerprint density at radius 2 is 2.08 bits per heavy atom. The Bertz CT molecular complexity index is 375. The second-order valence-corrected chi connectivity index (χ2v) is 1.89. The maximum Gasteiger partial charge on any atom is 0.353 e. The van der Waals surface area contributed by atoms with Gasteiger partial charge in [0.05, 0.1) is 0 Å². The Morgan fingerprint density at radius 3 is 2.58 bits per heavy atom. The highest BCUT2D eigenvalue weighted by atomic mass is 16.5. The van der Waals surface area contributed by atoms with Gasteiger partial charge in [-0.1, -0.05) is 0 Å². The standard InChI is InChI=1S/C5H5N3O4/c1-2(9)12-5-7-3(10)6-4(11)8-5/h1H3,(H2,6,7,8,10,11). The Kier molecular flexibility index (Phi) is 2.04. The quantitative estimate of drug-likeness (QED) is 0.494. The molecule has 0 radical (unpaired) electrons. The molecule has 0 bridgehead atoms. The molecule has 0 amide bonds. The molecule has 7 heteroatoms. The Balaban J connectivity index is 3.09. The molecule has 64 valence electrons. The lowest BCUT2D eigenvalue weighted by atomic mass is 10.8. The summed E-state index contributed by atoms with van der Waals surface area (Å²) in [5, 5.41) is 0. The van der Waals surface area contributed by atoms with Crippen LogP contribution in [0, 0.1) is 0 Å². The summed E-state index contributed by atoms with van der Waals surface area (Å²) in [5.41, 5.74) is -1.64. The number of aromatic amines is 2. The number of hydrogen-bond acceptors (Lipinski definition) is 5. The number of ether oxygens (including phenoxy) is 1. The van der Waals surface area contributed by atoms with E-state index in [1.165, 1.54) is 0 Å². The number of hydrogen-bond donors (Lipinski definition) is 2. The average Bonchev–Trinajstić information content (AvgIpc) is 1.81. The van der Waals surface area contributed by atoms with E-state index >= 15 is 0 Å². The van der Waals surface area contributed by atoms with E-state index in [4.69, 9.17) is 0 Å². The number of rotatable bonds is 1. The van der Waals surface area contributed by atoms with Crippen LogP contribution in [0.4, 0.5) is 0 Å². The van der Waals surface area contributed by atoms with Crippen molar-refractivity contribution in [1.82, 2.24) is 15.0 Å². The highest BCUT2D eigenvalue weighted by Crippen LogP contribution is 1.90. The lowest BCUT2D eigenvalue weighted by Crippen LogP contribution is -2.26. The van der Waals surface area contributed by atoms with Crippen LogP contribution in [0.1, 0.15) is 6.92 Å². The molecule has 0 aliphatic rings. The van der Waals surface area contributed by atoms with E-state index in [0.29, 0.717) is 0 Å². The minimum absolute atomic E-state index is 0.406. The van der Waals surface area contributed by atoms with Crippen LogP contribution in [0.3, 0.4) is 0 Å². The number of H-pyrrole nitrogens is 2. The van der Waals surface area contributed by atoms with Crippen LogP contribution in [0.25, 0.3) is 0 Å². The first kappa shape index (κ1) is 8.18. The van der Waals surface area contributed by atoms with Crippen LogP contribution >= 0.6 is 0 Å². The molecule has 1 rings (SSSR count). The summed E-state index contributed by atoms with van der Waals surface area (Å²) in [4.78, 5) is 38.4. The van der Waals surface area contributed by atoms with Crippen molar-refractivity contribution in [3.05, 3.63) is 21.0 Å². The van der Waals surface area contributed by atoms with Crippen molar-refractivity contribution in [2.45, 2.75) is 6.92 Å². The van der Waals surface area contributed by atoms with Crippen LogP contribution in [0.5, 0.6) is 6.01 Å². The summed E-state index contributed by atoms with van der Waals surface area (Å²) >= 11 is 0. The zero-order chi connectivity index (χ0) is 9.14. The molecule has 1 aromatic rings. The summed E-state index contributed by atoms with van der Waals surface area (Å²) in [6.07, 6.45) is 0. The summed E-state index contributed by atoms with van der Waals surface area (Å²) in [5.74, 6) is -0.663. The van der Waals surface area contributed by atoms with E-state index in [9.17, 15) is 14.4 Å². The summed E-state index contributed by atoms with van der Waals surface area (Å²) < 4.78 is 4.35. The lowest BCUT2D eigenvalue weighted by molar-refractivity contribution is -0.132. The first-order valence-electron chi connectivity index (χ1n) is 2.97. The van der Waals surface area contributed by atoms with Gasteiger partial charge in [-0.25, -0.2) is 9.59 Å². The molecule has 0 saturated carbocycles. The summed E-state index contributed by atoms with van der Waals surface area (Å²) in [6.45, 7) is 1.13. The van der Waals surface area contributed by atoms with Crippen molar-refractivity contribution in [2.75, 3.05) is 0 Å². The van der Waals surface area contributed by atoms with Crippen LogP contribution in [-0.4, -0.2) is 20.9 Å². The van der Waals surface area contributed by atoms with E-state index in [1.807, 2.05) is 9.97 Å². The van der Waals surface area contributed by atoms with E-state index in [-0.39, 0.29) is 0 Å². The molecule has 0 aromatic carbocycles. The third kappa shape index (κ3) is 2.04. The molecule has 1 heterocycles. The molecule has 7 nitrogen and oxygen atoms in total. The molecule has 0 aliphatic heterocycles. The van der Waals surface area contributed by atoms with Gasteiger partial charge >= 0.3 is 23.4 Å². The van der Waals surface area contributed by atoms with Gasteiger partial charge in [0.15, 0.2) is 0 Å². The van der Waals surface area contributed by atoms with Crippen molar-refractivity contribution in [3.63, 3.8) is 0 Å². The van der Waals surface area contributed by atoms with Gasteiger partial charge in [0, 0.05) is 6.92 Å². The van der Waals surface area contributed by atoms with Crippen molar-refractivity contribution in [3.8, 4) is 6.01 Å². The molecule has 2 N–H and O–H groups in total. The second kappa shape index (κ2) is 2.99. The summed E-state index contributed by atoms with van der Waals surface area (Å²) in [7, 11) is 0. The molecule has 0 unspecified atom stereocenters. The molecule has 0 fully saturated rings. The first-order chi connectivity index (χ1) is 5.58. The number of carbonyl (C=O) groups is 1. The predicted octanol–water partition coefficient (Wildman–Crippen LogP) is -1.62. The fourth-order valence-electron chi connectivity index (χ4n) is 0.558. The fourth-order valence-corrected chi connectivity index (χ4v) is 0.558. The van der Waals surface area contributed by atoms with Gasteiger partial charge in [-0.05, 0) is 0 Å². The fraction of sp³-hybridized carbons (Fsp3) is 0.200. The van der Waals surface area contributed by atoms with E-state index in [2.05, 4.69) is 9.72 Å².